The minimum atomic E-state index is -1.26. The summed E-state index contributed by atoms with van der Waals surface area (Å²) in [7, 11) is -1.26. The van der Waals surface area contributed by atoms with Gasteiger partial charge in [-0.1, -0.05) is 51.7 Å². The van der Waals surface area contributed by atoms with Gasteiger partial charge in [0.15, 0.2) is 0 Å². The zero-order valence-corrected chi connectivity index (χ0v) is 27.1. The standard InChI is InChI=1S/C13H10.C10H16OSi.C9H13.2ClH.Ti/c1-3-7-12(8-4-1)11-13-9-5-2-6-10-13;1-8-5-9(11)7-10(6-8)12(2,3)4;1-9(2,3)8-6-4-5-7-8;;;/h1-10H;5-7,11H,1-4H3;4,6H,5H2,1-3H3;2*1H;/q;;-1;;;+1/p-2. The predicted octanol–water partition coefficient (Wildman–Crippen LogP) is 1.78. The number of halogens is 2. The number of hydrogen-bond donors (Lipinski definition) is 1. The maximum absolute atomic E-state index is 9.38. The number of hydrogen-bond acceptors (Lipinski definition) is 1. The average molecular weight is 587 g/mol. The van der Waals surface area contributed by atoms with Crippen LogP contribution in [0.5, 0.6) is 5.75 Å². The summed E-state index contributed by atoms with van der Waals surface area (Å²) >= 11 is 2.16. The quantitative estimate of drug-likeness (QED) is 0.367. The van der Waals surface area contributed by atoms with Crippen molar-refractivity contribution < 1.29 is 49.9 Å². The molecule has 0 saturated carbocycles. The third-order valence-corrected chi connectivity index (χ3v) is 8.48. The number of allylic oxidation sites excluding steroid dienone is 4. The molecule has 0 atom stereocenters. The molecule has 1 N–H and O–H groups in total. The van der Waals surface area contributed by atoms with Crippen molar-refractivity contribution in [3.8, 4) is 5.75 Å². The SMILES string of the molecule is CC(C)(C)C1=[C-]CC=C1.Cc1cc(O)cc([Si](C)(C)C)c1.[Cl-].[Cl-].[Ti+]=[C](c1ccccc1)c1ccccc1. The van der Waals surface area contributed by atoms with Gasteiger partial charge in [-0.3, -0.25) is 6.08 Å². The second-order valence-corrected chi connectivity index (χ2v) is 16.7. The number of rotatable bonds is 3. The number of aromatic hydroxyl groups is 1. The average Bonchev–Trinajstić information content (AvgIpc) is 3.35. The van der Waals surface area contributed by atoms with Gasteiger partial charge in [0.1, 0.15) is 5.75 Å². The van der Waals surface area contributed by atoms with Gasteiger partial charge in [-0.25, -0.2) is 11.6 Å². The van der Waals surface area contributed by atoms with E-state index in [1.165, 1.54) is 25.7 Å². The second kappa shape index (κ2) is 16.3. The van der Waals surface area contributed by atoms with Gasteiger partial charge in [0.2, 0.25) is 0 Å². The third-order valence-electron chi connectivity index (χ3n) is 5.56. The van der Waals surface area contributed by atoms with E-state index >= 15 is 0 Å². The Morgan fingerprint density at radius 2 is 1.32 bits per heavy atom. The van der Waals surface area contributed by atoms with Crippen LogP contribution in [0.3, 0.4) is 0 Å². The summed E-state index contributed by atoms with van der Waals surface area (Å²) in [4.78, 5) is 0. The molecule has 0 radical (unpaired) electrons. The molecule has 37 heavy (non-hydrogen) atoms. The Morgan fingerprint density at radius 1 is 0.838 bits per heavy atom. The number of phenolic OH excluding ortho intramolecular Hbond substituents is 1. The van der Waals surface area contributed by atoms with Crippen molar-refractivity contribution in [1.82, 2.24) is 0 Å². The predicted molar refractivity (Wildman–Crippen MR) is 152 cm³/mol. The van der Waals surface area contributed by atoms with Gasteiger partial charge in [0.25, 0.3) is 0 Å². The van der Waals surface area contributed by atoms with Crippen molar-refractivity contribution in [2.75, 3.05) is 0 Å². The number of benzene rings is 3. The molecule has 0 bridgehead atoms. The summed E-state index contributed by atoms with van der Waals surface area (Å²) < 4.78 is 1.33. The van der Waals surface area contributed by atoms with Crippen molar-refractivity contribution >= 4 is 17.1 Å². The fourth-order valence-electron chi connectivity index (χ4n) is 3.49. The van der Waals surface area contributed by atoms with E-state index in [0.717, 1.165) is 12.0 Å². The van der Waals surface area contributed by atoms with Crippen molar-refractivity contribution in [2.45, 2.75) is 53.8 Å². The van der Waals surface area contributed by atoms with Crippen molar-refractivity contribution in [2.24, 2.45) is 5.41 Å². The molecule has 0 amide bonds. The van der Waals surface area contributed by atoms with Crippen LogP contribution >= 0.6 is 0 Å². The van der Waals surface area contributed by atoms with Crippen LogP contribution in [0.15, 0.2) is 96.6 Å². The second-order valence-electron chi connectivity index (χ2n) is 10.9. The third kappa shape index (κ3) is 12.6. The molecule has 5 heteroatoms. The van der Waals surface area contributed by atoms with Gasteiger partial charge in [0.05, 0.1) is 8.07 Å². The maximum atomic E-state index is 9.38. The first-order chi connectivity index (χ1) is 16.4. The van der Waals surface area contributed by atoms with E-state index < -0.39 is 8.07 Å². The van der Waals surface area contributed by atoms with Gasteiger partial charge >= 0.3 is 95.6 Å². The zero-order valence-electron chi connectivity index (χ0n) is 23.1. The summed E-state index contributed by atoms with van der Waals surface area (Å²) in [5.41, 5.74) is 5.37. The first-order valence-electron chi connectivity index (χ1n) is 12.2. The summed E-state index contributed by atoms with van der Waals surface area (Å²) in [5, 5.41) is 10.7. The van der Waals surface area contributed by atoms with Crippen molar-refractivity contribution in [3.63, 3.8) is 0 Å². The molecule has 1 aliphatic carbocycles. The molecule has 0 heterocycles. The van der Waals surface area contributed by atoms with Crippen LogP contribution in [0.4, 0.5) is 0 Å². The Hall–Kier alpha value is -1.68. The van der Waals surface area contributed by atoms with Gasteiger partial charge in [0, 0.05) is 0 Å². The fourth-order valence-corrected chi connectivity index (χ4v) is 5.25. The van der Waals surface area contributed by atoms with E-state index in [1.807, 2.05) is 25.1 Å². The molecule has 1 aliphatic rings. The first-order valence-corrected chi connectivity index (χ1v) is 16.4. The van der Waals surface area contributed by atoms with E-state index in [1.54, 1.807) is 6.07 Å². The fraction of sp³-hybridized carbons (Fsp3) is 0.281. The summed E-state index contributed by atoms with van der Waals surface area (Å²) in [5.74, 6) is 0.396. The molecule has 0 unspecified atom stereocenters. The Labute approximate surface area is 249 Å². The number of phenols is 1. The Balaban J connectivity index is 0.000000523. The molecule has 1 nitrogen and oxygen atoms in total. The molecule has 0 spiro atoms. The van der Waals surface area contributed by atoms with Gasteiger partial charge in [-0.15, -0.1) is 6.42 Å². The Morgan fingerprint density at radius 3 is 1.65 bits per heavy atom. The van der Waals surface area contributed by atoms with E-state index in [0.29, 0.717) is 11.2 Å². The van der Waals surface area contributed by atoms with Gasteiger partial charge in [-0.2, -0.15) is 6.08 Å². The Bertz CT molecular complexity index is 1100. The molecule has 0 aliphatic heterocycles. The van der Waals surface area contributed by atoms with Crippen LogP contribution in [0.1, 0.15) is 43.9 Å². The molecular weight excluding hydrogens is 547 g/mol. The molecule has 0 fully saturated rings. The van der Waals surface area contributed by atoms with Crippen LogP contribution in [-0.2, 0) is 20.0 Å². The zero-order chi connectivity index (χ0) is 26.1. The van der Waals surface area contributed by atoms with E-state index in [2.05, 4.69) is 133 Å². The van der Waals surface area contributed by atoms with Crippen molar-refractivity contribution in [1.29, 1.82) is 0 Å². The van der Waals surface area contributed by atoms with Gasteiger partial charge < -0.3 is 29.9 Å². The number of aryl methyl sites for hydroxylation is 1. The van der Waals surface area contributed by atoms with E-state index in [-0.39, 0.29) is 24.8 Å². The molecule has 197 valence electrons. The van der Waals surface area contributed by atoms with Crippen LogP contribution in [0.25, 0.3) is 0 Å². The molecule has 4 rings (SSSR count). The van der Waals surface area contributed by atoms with Crippen LogP contribution < -0.4 is 30.0 Å². The first kappa shape index (κ1) is 35.3. The molecule has 3 aromatic rings. The van der Waals surface area contributed by atoms with Crippen LogP contribution in [0, 0.1) is 18.4 Å². The van der Waals surface area contributed by atoms with E-state index in [9.17, 15) is 5.11 Å². The topological polar surface area (TPSA) is 20.2 Å². The summed E-state index contributed by atoms with van der Waals surface area (Å²) in [6.07, 6.45) is 8.63. The normalized spacial score (nSPS) is 12.0. The Kier molecular flexibility index (Phi) is 15.6. The summed E-state index contributed by atoms with van der Waals surface area (Å²) in [6, 6.07) is 26.8. The van der Waals surface area contributed by atoms with E-state index in [4.69, 9.17) is 0 Å². The van der Waals surface area contributed by atoms with Crippen LogP contribution in [0.2, 0.25) is 19.6 Å². The molecule has 0 aromatic heterocycles. The monoisotopic (exact) mass is 585 g/mol. The van der Waals surface area contributed by atoms with Gasteiger partial charge in [-0.05, 0) is 30.0 Å². The molecule has 3 aromatic carbocycles. The van der Waals surface area contributed by atoms with Crippen molar-refractivity contribution in [3.05, 3.63) is 119 Å². The summed E-state index contributed by atoms with van der Waals surface area (Å²) in [6.45, 7) is 15.5. The molecular formula is C32H39Cl2OSiTi-2. The van der Waals surface area contributed by atoms with Crippen LogP contribution in [-0.4, -0.2) is 17.0 Å². The minimum absolute atomic E-state index is 0. The molecule has 0 saturated heterocycles.